The zero-order chi connectivity index (χ0) is 11.7. The van der Waals surface area contributed by atoms with E-state index in [1.807, 2.05) is 0 Å². The van der Waals surface area contributed by atoms with E-state index in [2.05, 4.69) is 10.3 Å². The van der Waals surface area contributed by atoms with Gasteiger partial charge in [-0.25, -0.2) is 0 Å². The van der Waals surface area contributed by atoms with Crippen LogP contribution in [-0.2, 0) is 0 Å². The van der Waals surface area contributed by atoms with Crippen molar-refractivity contribution in [1.82, 2.24) is 10.3 Å². The number of carbonyl (C=O) groups excluding carboxylic acids is 1. The van der Waals surface area contributed by atoms with E-state index >= 15 is 0 Å². The third-order valence-electron chi connectivity index (χ3n) is 2.63. The quantitative estimate of drug-likeness (QED) is 0.500. The first-order valence-electron chi connectivity index (χ1n) is 4.95. The van der Waals surface area contributed by atoms with Crippen molar-refractivity contribution in [2.24, 2.45) is 5.73 Å². The molecule has 0 saturated heterocycles. The van der Waals surface area contributed by atoms with Crippen LogP contribution in [0.2, 0.25) is 0 Å². The molecule has 1 aliphatic carbocycles. The normalized spacial score (nSPS) is 23.6. The van der Waals surface area contributed by atoms with Crippen LogP contribution in [0.1, 0.15) is 23.3 Å². The molecule has 0 unspecified atom stereocenters. The molecule has 0 aromatic carbocycles. The van der Waals surface area contributed by atoms with Crippen LogP contribution in [0.15, 0.2) is 12.3 Å². The highest BCUT2D eigenvalue weighted by molar-refractivity contribution is 5.93. The van der Waals surface area contributed by atoms with Crippen molar-refractivity contribution in [1.29, 1.82) is 0 Å². The number of hydrogen-bond acceptors (Lipinski definition) is 4. The average Bonchev–Trinajstić information content (AvgIpc) is 2.63. The lowest BCUT2D eigenvalue weighted by atomic mass is 9.87. The number of nitrogens with two attached hydrogens (primary N) is 1. The Labute approximate surface area is 91.2 Å². The minimum atomic E-state index is -0.549. The predicted octanol–water partition coefficient (Wildman–Crippen LogP) is 0.142. The molecule has 1 aromatic rings. The Bertz CT molecular complexity index is 422. The predicted molar refractivity (Wildman–Crippen MR) is 55.9 cm³/mol. The van der Waals surface area contributed by atoms with Crippen molar-refractivity contribution in [2.45, 2.75) is 24.9 Å². The standard InChI is InChI=1S/C9H12N4O3/c10-5-1-6(2-5)12-9(14)8-3-7(4-11-8)13(15)16/h3-6,11H,1-2,10H2,(H,12,14). The molecule has 2 rings (SSSR count). The van der Waals surface area contributed by atoms with E-state index in [4.69, 9.17) is 5.73 Å². The SMILES string of the molecule is NC1CC(NC(=O)c2cc([N+](=O)[O-])c[nH]2)C1. The Morgan fingerprint density at radius 3 is 2.81 bits per heavy atom. The van der Waals surface area contributed by atoms with Gasteiger partial charge in [-0.05, 0) is 12.8 Å². The molecule has 1 fully saturated rings. The molecule has 0 bridgehead atoms. The second kappa shape index (κ2) is 3.93. The number of carbonyl (C=O) groups is 1. The van der Waals surface area contributed by atoms with Crippen LogP contribution < -0.4 is 11.1 Å². The van der Waals surface area contributed by atoms with E-state index in [0.29, 0.717) is 0 Å². The molecular weight excluding hydrogens is 212 g/mol. The van der Waals surface area contributed by atoms with Crippen molar-refractivity contribution < 1.29 is 9.72 Å². The molecule has 1 amide bonds. The van der Waals surface area contributed by atoms with E-state index in [0.717, 1.165) is 12.8 Å². The van der Waals surface area contributed by atoms with Gasteiger partial charge in [0.1, 0.15) is 5.69 Å². The molecule has 1 saturated carbocycles. The Balaban J connectivity index is 1.95. The van der Waals surface area contributed by atoms with E-state index < -0.39 is 4.92 Å². The van der Waals surface area contributed by atoms with Crippen LogP contribution in [0.4, 0.5) is 5.69 Å². The number of rotatable bonds is 3. The maximum atomic E-state index is 11.6. The Morgan fingerprint density at radius 1 is 1.62 bits per heavy atom. The van der Waals surface area contributed by atoms with Gasteiger partial charge in [0.2, 0.25) is 0 Å². The molecule has 7 nitrogen and oxygen atoms in total. The summed E-state index contributed by atoms with van der Waals surface area (Å²) in [6, 6.07) is 1.46. The van der Waals surface area contributed by atoms with Crippen molar-refractivity contribution in [3.63, 3.8) is 0 Å². The lowest BCUT2D eigenvalue weighted by molar-refractivity contribution is -0.384. The van der Waals surface area contributed by atoms with Crippen LogP contribution in [0.25, 0.3) is 0 Å². The summed E-state index contributed by atoms with van der Waals surface area (Å²) in [5, 5.41) is 13.1. The molecule has 0 spiro atoms. The highest BCUT2D eigenvalue weighted by Gasteiger charge is 2.28. The maximum Gasteiger partial charge on any atom is 0.287 e. The summed E-state index contributed by atoms with van der Waals surface area (Å²) in [4.78, 5) is 24.0. The third-order valence-corrected chi connectivity index (χ3v) is 2.63. The summed E-state index contributed by atoms with van der Waals surface area (Å²) in [5.74, 6) is -0.329. The van der Waals surface area contributed by atoms with Gasteiger partial charge in [0, 0.05) is 18.2 Å². The molecule has 1 aliphatic rings. The van der Waals surface area contributed by atoms with E-state index in [1.165, 1.54) is 12.3 Å². The van der Waals surface area contributed by atoms with Gasteiger partial charge < -0.3 is 16.0 Å². The van der Waals surface area contributed by atoms with Crippen LogP contribution in [0.5, 0.6) is 0 Å². The fourth-order valence-corrected chi connectivity index (χ4v) is 1.66. The lowest BCUT2D eigenvalue weighted by Gasteiger charge is -2.32. The van der Waals surface area contributed by atoms with Gasteiger partial charge in [-0.2, -0.15) is 0 Å². The second-order valence-electron chi connectivity index (χ2n) is 3.93. The van der Waals surface area contributed by atoms with E-state index in [-0.39, 0.29) is 29.4 Å². The highest BCUT2D eigenvalue weighted by Crippen LogP contribution is 2.18. The zero-order valence-electron chi connectivity index (χ0n) is 8.47. The summed E-state index contributed by atoms with van der Waals surface area (Å²) < 4.78 is 0. The maximum absolute atomic E-state index is 11.6. The number of nitro groups is 1. The Morgan fingerprint density at radius 2 is 2.31 bits per heavy atom. The lowest BCUT2D eigenvalue weighted by Crippen LogP contribution is -2.50. The minimum Gasteiger partial charge on any atom is -0.351 e. The number of aromatic nitrogens is 1. The molecule has 4 N–H and O–H groups in total. The summed E-state index contributed by atoms with van der Waals surface area (Å²) in [7, 11) is 0. The van der Waals surface area contributed by atoms with Crippen LogP contribution in [0.3, 0.4) is 0 Å². The van der Waals surface area contributed by atoms with Crippen molar-refractivity contribution >= 4 is 11.6 Å². The second-order valence-corrected chi connectivity index (χ2v) is 3.93. The largest absolute Gasteiger partial charge is 0.351 e. The first-order chi connectivity index (χ1) is 7.56. The molecule has 1 aromatic heterocycles. The first kappa shape index (κ1) is 10.6. The third kappa shape index (κ3) is 2.03. The van der Waals surface area contributed by atoms with Gasteiger partial charge in [-0.15, -0.1) is 0 Å². The molecule has 0 aliphatic heterocycles. The van der Waals surface area contributed by atoms with Crippen LogP contribution >= 0.6 is 0 Å². The molecule has 7 heteroatoms. The van der Waals surface area contributed by atoms with Crippen molar-refractivity contribution in [2.75, 3.05) is 0 Å². The molecular formula is C9H12N4O3. The van der Waals surface area contributed by atoms with Crippen molar-refractivity contribution in [3.8, 4) is 0 Å². The zero-order valence-corrected chi connectivity index (χ0v) is 8.47. The van der Waals surface area contributed by atoms with Gasteiger partial charge in [0.15, 0.2) is 0 Å². The fraction of sp³-hybridized carbons (Fsp3) is 0.444. The summed E-state index contributed by atoms with van der Waals surface area (Å²) in [6.07, 6.45) is 2.71. The van der Waals surface area contributed by atoms with Crippen molar-refractivity contribution in [3.05, 3.63) is 28.1 Å². The summed E-state index contributed by atoms with van der Waals surface area (Å²) in [6.45, 7) is 0. The van der Waals surface area contributed by atoms with Crippen LogP contribution in [-0.4, -0.2) is 27.9 Å². The first-order valence-corrected chi connectivity index (χ1v) is 4.95. The van der Waals surface area contributed by atoms with E-state index in [9.17, 15) is 14.9 Å². The molecule has 86 valence electrons. The molecule has 16 heavy (non-hydrogen) atoms. The number of nitrogens with zero attached hydrogens (tertiary/aromatic N) is 1. The topological polar surface area (TPSA) is 114 Å². The van der Waals surface area contributed by atoms with Gasteiger partial charge in [-0.1, -0.05) is 0 Å². The number of H-pyrrole nitrogens is 1. The van der Waals surface area contributed by atoms with Gasteiger partial charge in [0.05, 0.1) is 11.1 Å². The average molecular weight is 224 g/mol. The van der Waals surface area contributed by atoms with Gasteiger partial charge >= 0.3 is 0 Å². The monoisotopic (exact) mass is 224 g/mol. The number of nitrogens with one attached hydrogen (secondary N) is 2. The Hall–Kier alpha value is -1.89. The Kier molecular flexibility index (Phi) is 2.61. The number of amides is 1. The summed E-state index contributed by atoms with van der Waals surface area (Å²) >= 11 is 0. The number of hydrogen-bond donors (Lipinski definition) is 3. The highest BCUT2D eigenvalue weighted by atomic mass is 16.6. The van der Waals surface area contributed by atoms with Gasteiger partial charge in [0.25, 0.3) is 11.6 Å². The smallest absolute Gasteiger partial charge is 0.287 e. The fourth-order valence-electron chi connectivity index (χ4n) is 1.66. The van der Waals surface area contributed by atoms with E-state index in [1.54, 1.807) is 0 Å². The number of aromatic amines is 1. The molecule has 0 radical (unpaired) electrons. The molecule has 1 heterocycles. The van der Waals surface area contributed by atoms with Crippen LogP contribution in [0, 0.1) is 10.1 Å². The van der Waals surface area contributed by atoms with Gasteiger partial charge in [-0.3, -0.25) is 14.9 Å². The summed E-state index contributed by atoms with van der Waals surface area (Å²) in [5.41, 5.74) is 5.66. The minimum absolute atomic E-state index is 0.0878. The molecule has 0 atom stereocenters.